The Hall–Kier alpha value is -3.14. The summed E-state index contributed by atoms with van der Waals surface area (Å²) in [6.45, 7) is 4.74. The number of rotatable bonds is 17. The van der Waals surface area contributed by atoms with Crippen molar-refractivity contribution in [2.75, 3.05) is 26.3 Å². The number of carbonyl (C=O) groups is 2. The molecule has 2 unspecified atom stereocenters. The highest BCUT2D eigenvalue weighted by atomic mass is 16.5. The Kier molecular flexibility index (Phi) is 12.2. The quantitative estimate of drug-likeness (QED) is 0.257. The Labute approximate surface area is 211 Å². The zero-order valence-electron chi connectivity index (χ0n) is 20.9. The molecule has 2 aromatic rings. The maximum Gasteiger partial charge on any atom is 0.303 e. The van der Waals surface area contributed by atoms with Crippen LogP contribution in [0.25, 0.3) is 0 Å². The van der Waals surface area contributed by atoms with Crippen molar-refractivity contribution in [3.63, 3.8) is 0 Å². The van der Waals surface area contributed by atoms with Crippen molar-refractivity contribution in [2.45, 2.75) is 57.8 Å². The molecule has 198 valence electrons. The van der Waals surface area contributed by atoms with Crippen LogP contribution in [0.15, 0.2) is 48.5 Å². The number of aliphatic carboxylic acids is 2. The van der Waals surface area contributed by atoms with Crippen molar-refractivity contribution in [1.29, 1.82) is 0 Å². The molecule has 0 aromatic heterocycles. The van der Waals surface area contributed by atoms with Crippen molar-refractivity contribution < 1.29 is 39.5 Å². The number of hydrogen-bond donors (Lipinski definition) is 4. The van der Waals surface area contributed by atoms with Crippen LogP contribution in [0.5, 0.6) is 11.5 Å². The lowest BCUT2D eigenvalue weighted by atomic mass is 10.1. The minimum Gasteiger partial charge on any atom is -0.491 e. The molecule has 36 heavy (non-hydrogen) atoms. The lowest BCUT2D eigenvalue weighted by Gasteiger charge is -2.30. The Bertz CT molecular complexity index is 856. The second-order valence-corrected chi connectivity index (χ2v) is 9.05. The standard InChI is InChI=1S/C27H37NO8/c1-19(2)28(15-22(29)17-35-24-9-3-20(4-10-24)7-13-26(31)32)16-23(30)18-36-25-11-5-21(6-12-25)8-14-27(33)34/h3-6,9-12,19,22-23,29-30H,7-8,13-18H2,1-2H3,(H,31,32)(H,33,34). The first-order valence-electron chi connectivity index (χ1n) is 12.1. The maximum absolute atomic E-state index is 10.7. The van der Waals surface area contributed by atoms with Crippen LogP contribution in [-0.4, -0.2) is 81.8 Å². The minimum atomic E-state index is -0.839. The van der Waals surface area contributed by atoms with Crippen LogP contribution in [0.2, 0.25) is 0 Å². The Morgan fingerprint density at radius 1 is 0.722 bits per heavy atom. The van der Waals surface area contributed by atoms with Crippen molar-refractivity contribution in [3.05, 3.63) is 59.7 Å². The number of carboxylic acids is 2. The molecule has 0 saturated carbocycles. The largest absolute Gasteiger partial charge is 0.491 e. The molecule has 4 N–H and O–H groups in total. The summed E-state index contributed by atoms with van der Waals surface area (Å²) < 4.78 is 11.3. The molecule has 0 saturated heterocycles. The normalized spacial score (nSPS) is 12.9. The molecular formula is C27H37NO8. The number of aliphatic hydroxyl groups excluding tert-OH is 2. The summed E-state index contributed by atoms with van der Waals surface area (Å²) in [5, 5.41) is 38.5. The Morgan fingerprint density at radius 3 is 1.39 bits per heavy atom. The molecule has 0 bridgehead atoms. The lowest BCUT2D eigenvalue weighted by molar-refractivity contribution is -0.138. The molecule has 9 nitrogen and oxygen atoms in total. The van der Waals surface area contributed by atoms with Gasteiger partial charge in [-0.2, -0.15) is 0 Å². The number of aryl methyl sites for hydroxylation is 2. The van der Waals surface area contributed by atoms with Gasteiger partial charge in [-0.15, -0.1) is 0 Å². The number of hydrogen-bond acceptors (Lipinski definition) is 7. The van der Waals surface area contributed by atoms with Gasteiger partial charge in [-0.1, -0.05) is 24.3 Å². The highest BCUT2D eigenvalue weighted by molar-refractivity contribution is 5.67. The summed E-state index contributed by atoms with van der Waals surface area (Å²) >= 11 is 0. The van der Waals surface area contributed by atoms with E-state index in [-0.39, 0.29) is 32.1 Å². The van der Waals surface area contributed by atoms with E-state index in [0.29, 0.717) is 37.4 Å². The van der Waals surface area contributed by atoms with Gasteiger partial charge in [0.25, 0.3) is 0 Å². The summed E-state index contributed by atoms with van der Waals surface area (Å²) in [5.41, 5.74) is 1.81. The molecule has 2 rings (SSSR count). The zero-order chi connectivity index (χ0) is 26.5. The van der Waals surface area contributed by atoms with Crippen LogP contribution in [0.3, 0.4) is 0 Å². The van der Waals surface area contributed by atoms with Gasteiger partial charge in [0.2, 0.25) is 0 Å². The second kappa shape index (κ2) is 15.1. The third-order valence-electron chi connectivity index (χ3n) is 5.61. The van der Waals surface area contributed by atoms with E-state index in [9.17, 15) is 19.8 Å². The predicted molar refractivity (Wildman–Crippen MR) is 135 cm³/mol. The highest BCUT2D eigenvalue weighted by Gasteiger charge is 2.19. The fourth-order valence-corrected chi connectivity index (χ4v) is 3.54. The molecule has 0 fully saturated rings. The second-order valence-electron chi connectivity index (χ2n) is 9.05. The Morgan fingerprint density at radius 2 is 1.08 bits per heavy atom. The van der Waals surface area contributed by atoms with E-state index in [1.165, 1.54) is 0 Å². The first kappa shape index (κ1) is 29.1. The van der Waals surface area contributed by atoms with Gasteiger partial charge in [0.05, 0.1) is 0 Å². The molecule has 0 aliphatic carbocycles. The molecule has 9 heteroatoms. The van der Waals surface area contributed by atoms with Crippen molar-refractivity contribution in [3.8, 4) is 11.5 Å². The topological polar surface area (TPSA) is 137 Å². The number of nitrogens with zero attached hydrogens (tertiary/aromatic N) is 1. The van der Waals surface area contributed by atoms with Crippen LogP contribution >= 0.6 is 0 Å². The van der Waals surface area contributed by atoms with E-state index >= 15 is 0 Å². The smallest absolute Gasteiger partial charge is 0.303 e. The number of aliphatic hydroxyl groups is 2. The first-order chi connectivity index (χ1) is 17.1. The van der Waals surface area contributed by atoms with Gasteiger partial charge in [-0.05, 0) is 62.1 Å². The van der Waals surface area contributed by atoms with Crippen LogP contribution in [-0.2, 0) is 22.4 Å². The summed E-state index contributed by atoms with van der Waals surface area (Å²) in [4.78, 5) is 23.3. The zero-order valence-corrected chi connectivity index (χ0v) is 20.9. The number of ether oxygens (including phenoxy) is 2. The van der Waals surface area contributed by atoms with Gasteiger partial charge < -0.3 is 29.9 Å². The summed E-state index contributed by atoms with van der Waals surface area (Å²) in [6.07, 6.45) is -0.503. The first-order valence-corrected chi connectivity index (χ1v) is 12.1. The van der Waals surface area contributed by atoms with E-state index in [4.69, 9.17) is 19.7 Å². The van der Waals surface area contributed by atoms with E-state index in [0.717, 1.165) is 11.1 Å². The lowest BCUT2D eigenvalue weighted by Crippen LogP contribution is -2.45. The SMILES string of the molecule is CC(C)N(CC(O)COc1ccc(CCC(=O)O)cc1)CC(O)COc1ccc(CCC(=O)O)cc1. The number of carboxylic acid groups (broad SMARTS) is 2. The van der Waals surface area contributed by atoms with Gasteiger partial charge in [0, 0.05) is 32.0 Å². The molecule has 0 radical (unpaired) electrons. The third kappa shape index (κ3) is 11.5. The van der Waals surface area contributed by atoms with E-state index < -0.39 is 24.1 Å². The van der Waals surface area contributed by atoms with E-state index in [2.05, 4.69) is 0 Å². The summed E-state index contributed by atoms with van der Waals surface area (Å²) in [5.74, 6) is -0.500. The van der Waals surface area contributed by atoms with Gasteiger partial charge in [0.1, 0.15) is 36.9 Å². The third-order valence-corrected chi connectivity index (χ3v) is 5.61. The average molecular weight is 504 g/mol. The fraction of sp³-hybridized carbons (Fsp3) is 0.481. The monoisotopic (exact) mass is 503 g/mol. The predicted octanol–water partition coefficient (Wildman–Crippen LogP) is 2.61. The molecule has 2 atom stereocenters. The number of benzene rings is 2. The van der Waals surface area contributed by atoms with Crippen LogP contribution in [0, 0.1) is 0 Å². The van der Waals surface area contributed by atoms with Crippen molar-refractivity contribution >= 4 is 11.9 Å². The van der Waals surface area contributed by atoms with Crippen LogP contribution in [0.4, 0.5) is 0 Å². The molecule has 0 amide bonds. The minimum absolute atomic E-state index is 0.0712. The fourth-order valence-electron chi connectivity index (χ4n) is 3.54. The summed E-state index contributed by atoms with van der Waals surface area (Å²) in [7, 11) is 0. The highest BCUT2D eigenvalue weighted by Crippen LogP contribution is 2.16. The average Bonchev–Trinajstić information content (AvgIpc) is 2.84. The van der Waals surface area contributed by atoms with Gasteiger partial charge in [-0.25, -0.2) is 0 Å². The van der Waals surface area contributed by atoms with Gasteiger partial charge >= 0.3 is 11.9 Å². The molecule has 0 aliphatic rings. The Balaban J connectivity index is 1.75. The van der Waals surface area contributed by atoms with E-state index in [1.807, 2.05) is 43.0 Å². The molecule has 0 aliphatic heterocycles. The van der Waals surface area contributed by atoms with Crippen LogP contribution < -0.4 is 9.47 Å². The molecule has 0 heterocycles. The summed E-state index contributed by atoms with van der Waals surface area (Å²) in [6, 6.07) is 14.3. The van der Waals surface area contributed by atoms with Crippen LogP contribution in [0.1, 0.15) is 37.8 Å². The molecule has 0 spiro atoms. The van der Waals surface area contributed by atoms with E-state index in [1.54, 1.807) is 24.3 Å². The molecular weight excluding hydrogens is 466 g/mol. The van der Waals surface area contributed by atoms with Crippen molar-refractivity contribution in [1.82, 2.24) is 4.90 Å². The van der Waals surface area contributed by atoms with Crippen molar-refractivity contribution in [2.24, 2.45) is 0 Å². The molecule has 2 aromatic carbocycles. The van der Waals surface area contributed by atoms with Gasteiger partial charge in [-0.3, -0.25) is 14.5 Å². The maximum atomic E-state index is 10.7. The van der Waals surface area contributed by atoms with Gasteiger partial charge in [0.15, 0.2) is 0 Å².